The maximum absolute atomic E-state index is 13.0. The van der Waals surface area contributed by atoms with E-state index < -0.39 is 40.2 Å². The standard InChI is InChI=1S/C28H40O8Si2/c1-27(2,3)37(8,9)35-17-13-12-16(34-7)19-20(17)23(26(32)33)21-18(36-38(10,11)28(4,5)6)14-15(25(30)31)24(29)22(19)21/h12-14,23,29H,1-11H3,(H,30,31)(H,32,33)/t23-/m0/s1. The van der Waals surface area contributed by atoms with Crippen LogP contribution in [-0.2, 0) is 4.79 Å². The number of phenols is 1. The summed E-state index contributed by atoms with van der Waals surface area (Å²) in [6.45, 7) is 20.5. The third kappa shape index (κ3) is 4.79. The molecule has 0 saturated heterocycles. The molecular weight excluding hydrogens is 520 g/mol. The van der Waals surface area contributed by atoms with Gasteiger partial charge < -0.3 is 28.9 Å². The summed E-state index contributed by atoms with van der Waals surface area (Å²) in [5, 5.41) is 31.4. The van der Waals surface area contributed by atoms with E-state index in [1.165, 1.54) is 13.2 Å². The van der Waals surface area contributed by atoms with Crippen molar-refractivity contribution in [2.45, 2.75) is 83.7 Å². The number of hydrogen-bond acceptors (Lipinski definition) is 6. The highest BCUT2D eigenvalue weighted by atomic mass is 28.4. The van der Waals surface area contributed by atoms with Crippen LogP contribution >= 0.6 is 0 Å². The van der Waals surface area contributed by atoms with Gasteiger partial charge in [0.15, 0.2) is 0 Å². The number of methoxy groups -OCH3 is 1. The normalized spacial score (nSPS) is 15.5. The van der Waals surface area contributed by atoms with Crippen molar-refractivity contribution in [3.8, 4) is 34.1 Å². The van der Waals surface area contributed by atoms with Crippen LogP contribution in [0.5, 0.6) is 23.0 Å². The van der Waals surface area contributed by atoms with Crippen LogP contribution in [0.2, 0.25) is 36.3 Å². The zero-order valence-electron chi connectivity index (χ0n) is 24.2. The molecule has 1 aliphatic rings. The fourth-order valence-corrected chi connectivity index (χ4v) is 6.14. The van der Waals surface area contributed by atoms with Crippen LogP contribution in [0.15, 0.2) is 18.2 Å². The zero-order valence-corrected chi connectivity index (χ0v) is 26.2. The minimum absolute atomic E-state index is 0.0959. The van der Waals surface area contributed by atoms with E-state index in [1.807, 2.05) is 33.9 Å². The van der Waals surface area contributed by atoms with E-state index in [-0.39, 0.29) is 32.5 Å². The quantitative estimate of drug-likeness (QED) is 0.308. The Balaban J connectivity index is 2.47. The third-order valence-corrected chi connectivity index (χ3v) is 17.0. The summed E-state index contributed by atoms with van der Waals surface area (Å²) in [4.78, 5) is 25.2. The molecule has 2 aromatic rings. The number of carboxylic acid groups (broad SMARTS) is 2. The lowest BCUT2D eigenvalue weighted by Crippen LogP contribution is -2.44. The van der Waals surface area contributed by atoms with Gasteiger partial charge in [0.2, 0.25) is 16.6 Å². The molecular formula is C28H40O8Si2. The maximum Gasteiger partial charge on any atom is 0.339 e. The molecule has 0 bridgehead atoms. The summed E-state index contributed by atoms with van der Waals surface area (Å²) in [6.07, 6.45) is 0. The Labute approximate surface area is 226 Å². The SMILES string of the molecule is COc1ccc(O[Si](C)(C)C(C)(C)C)c2c1-c1c(O)c(C(=O)O)cc(O[Si](C)(C)C(C)(C)C)c1[C@H]2C(=O)O. The van der Waals surface area contributed by atoms with Crippen molar-refractivity contribution in [2.75, 3.05) is 7.11 Å². The van der Waals surface area contributed by atoms with Gasteiger partial charge in [-0.2, -0.15) is 0 Å². The van der Waals surface area contributed by atoms with E-state index >= 15 is 0 Å². The van der Waals surface area contributed by atoms with Gasteiger partial charge in [-0.3, -0.25) is 4.79 Å². The van der Waals surface area contributed by atoms with Crippen LogP contribution in [0.4, 0.5) is 0 Å². The molecule has 1 aliphatic carbocycles. The number of ether oxygens (including phenoxy) is 1. The lowest BCUT2D eigenvalue weighted by atomic mass is 9.94. The van der Waals surface area contributed by atoms with Crippen LogP contribution < -0.4 is 13.6 Å². The Morgan fingerprint density at radius 2 is 1.24 bits per heavy atom. The fourth-order valence-electron chi connectivity index (χ4n) is 4.08. The lowest BCUT2D eigenvalue weighted by molar-refractivity contribution is -0.137. The second-order valence-corrected chi connectivity index (χ2v) is 22.4. The first kappa shape index (κ1) is 29.6. The molecule has 0 aromatic heterocycles. The van der Waals surface area contributed by atoms with Gasteiger partial charge >= 0.3 is 11.9 Å². The van der Waals surface area contributed by atoms with Crippen molar-refractivity contribution in [3.63, 3.8) is 0 Å². The first-order chi connectivity index (χ1) is 17.2. The smallest absolute Gasteiger partial charge is 0.339 e. The average Bonchev–Trinajstić information content (AvgIpc) is 3.11. The summed E-state index contributed by atoms with van der Waals surface area (Å²) in [5.74, 6) is -3.47. The molecule has 0 saturated carbocycles. The predicted molar refractivity (Wildman–Crippen MR) is 152 cm³/mol. The number of benzene rings is 2. The monoisotopic (exact) mass is 560 g/mol. The number of aromatic carboxylic acids is 1. The lowest BCUT2D eigenvalue weighted by Gasteiger charge is -2.38. The molecule has 8 nitrogen and oxygen atoms in total. The predicted octanol–water partition coefficient (Wildman–Crippen LogP) is 7.06. The maximum atomic E-state index is 13.0. The zero-order chi connectivity index (χ0) is 29.2. The van der Waals surface area contributed by atoms with Crippen molar-refractivity contribution in [2.24, 2.45) is 0 Å². The Morgan fingerprint density at radius 3 is 1.66 bits per heavy atom. The molecule has 3 N–H and O–H groups in total. The second-order valence-electron chi connectivity index (χ2n) is 12.9. The molecule has 0 radical (unpaired) electrons. The summed E-state index contributed by atoms with van der Waals surface area (Å²) in [6, 6.07) is 4.61. The molecule has 0 unspecified atom stereocenters. The highest BCUT2D eigenvalue weighted by molar-refractivity contribution is 6.75. The second kappa shape index (κ2) is 9.34. The van der Waals surface area contributed by atoms with E-state index in [2.05, 4.69) is 33.9 Å². The van der Waals surface area contributed by atoms with E-state index in [0.717, 1.165) is 0 Å². The molecule has 0 heterocycles. The van der Waals surface area contributed by atoms with E-state index in [9.17, 15) is 24.9 Å². The fraction of sp³-hybridized carbons (Fsp3) is 0.500. The van der Waals surface area contributed by atoms with Gasteiger partial charge in [0.1, 0.15) is 34.5 Å². The van der Waals surface area contributed by atoms with Gasteiger partial charge in [0, 0.05) is 22.3 Å². The van der Waals surface area contributed by atoms with E-state index in [4.69, 9.17) is 13.6 Å². The number of aromatic hydroxyl groups is 1. The summed E-state index contributed by atoms with van der Waals surface area (Å²) >= 11 is 0. The molecule has 208 valence electrons. The minimum Gasteiger partial charge on any atom is -0.543 e. The molecule has 1 atom stereocenters. The highest BCUT2D eigenvalue weighted by Crippen LogP contribution is 2.60. The Bertz CT molecular complexity index is 1300. The molecule has 0 aliphatic heterocycles. The number of carboxylic acids is 2. The van der Waals surface area contributed by atoms with Crippen molar-refractivity contribution in [1.82, 2.24) is 0 Å². The van der Waals surface area contributed by atoms with Crippen LogP contribution in [0.25, 0.3) is 11.1 Å². The van der Waals surface area contributed by atoms with Gasteiger partial charge in [0.25, 0.3) is 0 Å². The molecule has 38 heavy (non-hydrogen) atoms. The van der Waals surface area contributed by atoms with Gasteiger partial charge in [0.05, 0.1) is 7.11 Å². The first-order valence-electron chi connectivity index (χ1n) is 12.6. The van der Waals surface area contributed by atoms with Gasteiger partial charge in [-0.25, -0.2) is 4.79 Å². The van der Waals surface area contributed by atoms with Crippen molar-refractivity contribution < 1.29 is 38.5 Å². The van der Waals surface area contributed by atoms with E-state index in [0.29, 0.717) is 22.6 Å². The summed E-state index contributed by atoms with van der Waals surface area (Å²) in [7, 11) is -3.52. The molecule has 2 aromatic carbocycles. The van der Waals surface area contributed by atoms with Gasteiger partial charge in [-0.15, -0.1) is 0 Å². The number of rotatable bonds is 7. The third-order valence-electron chi connectivity index (χ3n) is 8.34. The van der Waals surface area contributed by atoms with Crippen molar-refractivity contribution in [1.29, 1.82) is 0 Å². The summed E-state index contributed by atoms with van der Waals surface area (Å²) in [5.41, 5.74) is 0.580. The van der Waals surface area contributed by atoms with Gasteiger partial charge in [-0.1, -0.05) is 41.5 Å². The number of hydrogen-bond donors (Lipinski definition) is 3. The largest absolute Gasteiger partial charge is 0.543 e. The van der Waals surface area contributed by atoms with Crippen molar-refractivity contribution in [3.05, 3.63) is 34.9 Å². The van der Waals surface area contributed by atoms with Crippen LogP contribution in [0.1, 0.15) is 68.9 Å². The Morgan fingerprint density at radius 1 is 0.789 bits per heavy atom. The highest BCUT2D eigenvalue weighted by Gasteiger charge is 2.48. The van der Waals surface area contributed by atoms with Crippen LogP contribution in [-0.4, -0.2) is 51.0 Å². The average molecular weight is 561 g/mol. The molecule has 0 fully saturated rings. The van der Waals surface area contributed by atoms with Crippen LogP contribution in [0.3, 0.4) is 0 Å². The van der Waals surface area contributed by atoms with Crippen molar-refractivity contribution >= 4 is 28.6 Å². The Hall–Kier alpha value is -2.99. The topological polar surface area (TPSA) is 123 Å². The molecule has 0 spiro atoms. The minimum atomic E-state index is -2.55. The first-order valence-corrected chi connectivity index (χ1v) is 18.4. The van der Waals surface area contributed by atoms with Gasteiger partial charge in [-0.05, 0) is 54.5 Å². The number of fused-ring (bicyclic) bond motifs is 3. The molecule has 0 amide bonds. The van der Waals surface area contributed by atoms with E-state index in [1.54, 1.807) is 12.1 Å². The number of carbonyl (C=O) groups is 2. The Kier molecular flexibility index (Phi) is 7.26. The summed E-state index contributed by atoms with van der Waals surface area (Å²) < 4.78 is 18.8. The molecule has 10 heteroatoms. The molecule has 3 rings (SSSR count). The van der Waals surface area contributed by atoms with Crippen LogP contribution in [0, 0.1) is 0 Å². The number of aliphatic carboxylic acids is 1.